The van der Waals surface area contributed by atoms with Crippen molar-refractivity contribution in [1.29, 1.82) is 0 Å². The molecule has 0 saturated carbocycles. The Morgan fingerprint density at radius 2 is 1.94 bits per heavy atom. The number of aryl methyl sites for hydroxylation is 1. The van der Waals surface area contributed by atoms with Crippen LogP contribution >= 0.6 is 15.9 Å². The molecule has 102 valence electrons. The summed E-state index contributed by atoms with van der Waals surface area (Å²) in [6.07, 6.45) is 0. The quantitative estimate of drug-likeness (QED) is 0.867. The van der Waals surface area contributed by atoms with Crippen LogP contribution in [-0.4, -0.2) is 18.1 Å². The molecule has 0 bridgehead atoms. The predicted molar refractivity (Wildman–Crippen MR) is 82.9 cm³/mol. The highest BCUT2D eigenvalue weighted by molar-refractivity contribution is 9.10. The zero-order valence-corrected chi connectivity index (χ0v) is 13.7. The lowest BCUT2D eigenvalue weighted by molar-refractivity contribution is 0.387. The van der Waals surface area contributed by atoms with Crippen LogP contribution < -0.4 is 10.6 Å². The largest absolute Gasteiger partial charge is 0.311 e. The van der Waals surface area contributed by atoms with Crippen molar-refractivity contribution < 1.29 is 0 Å². The molecule has 0 spiro atoms. The number of benzene rings is 1. The van der Waals surface area contributed by atoms with E-state index in [-0.39, 0.29) is 5.54 Å². The normalized spacial score (nSPS) is 13.7. The molecule has 3 heteroatoms. The summed E-state index contributed by atoms with van der Waals surface area (Å²) in [6, 6.07) is 6.89. The van der Waals surface area contributed by atoms with E-state index in [0.29, 0.717) is 6.04 Å². The third kappa shape index (κ3) is 5.98. The Bertz CT molecular complexity index is 383. The Morgan fingerprint density at radius 3 is 2.56 bits per heavy atom. The van der Waals surface area contributed by atoms with Gasteiger partial charge in [0, 0.05) is 29.1 Å². The Hall–Kier alpha value is -0.380. The molecule has 0 radical (unpaired) electrons. The second-order valence-corrected chi connectivity index (χ2v) is 6.90. The maximum atomic E-state index is 3.56. The molecule has 0 aliphatic rings. The molecular formula is C15H25BrN2. The molecule has 1 rings (SSSR count). The summed E-state index contributed by atoms with van der Waals surface area (Å²) in [5, 5.41) is 7.07. The minimum atomic E-state index is 0.182. The minimum Gasteiger partial charge on any atom is -0.311 e. The van der Waals surface area contributed by atoms with E-state index >= 15 is 0 Å². The standard InChI is InChI=1S/C15H25BrN2/c1-11-6-7-14(16)8-13(11)10-17-12(2)9-18-15(3,4)5/h6-8,12,17-18H,9-10H2,1-5H3. The van der Waals surface area contributed by atoms with Gasteiger partial charge in [-0.2, -0.15) is 0 Å². The van der Waals surface area contributed by atoms with Crippen LogP contribution in [-0.2, 0) is 6.54 Å². The molecule has 1 aromatic rings. The molecule has 1 aromatic carbocycles. The van der Waals surface area contributed by atoms with Crippen molar-refractivity contribution in [2.45, 2.75) is 52.7 Å². The van der Waals surface area contributed by atoms with Gasteiger partial charge in [0.2, 0.25) is 0 Å². The van der Waals surface area contributed by atoms with Gasteiger partial charge in [0.1, 0.15) is 0 Å². The lowest BCUT2D eigenvalue weighted by atomic mass is 10.1. The molecule has 0 aromatic heterocycles. The Labute approximate surface area is 120 Å². The van der Waals surface area contributed by atoms with Crippen molar-refractivity contribution >= 4 is 15.9 Å². The zero-order valence-electron chi connectivity index (χ0n) is 12.1. The Kier molecular flexibility index (Phi) is 5.83. The number of nitrogens with one attached hydrogen (secondary N) is 2. The fourth-order valence-corrected chi connectivity index (χ4v) is 2.05. The average Bonchev–Trinajstić information content (AvgIpc) is 2.26. The number of hydrogen-bond acceptors (Lipinski definition) is 2. The van der Waals surface area contributed by atoms with Gasteiger partial charge in [0.15, 0.2) is 0 Å². The molecule has 0 amide bonds. The van der Waals surface area contributed by atoms with Crippen LogP contribution in [0.5, 0.6) is 0 Å². The van der Waals surface area contributed by atoms with Crippen LogP contribution in [0.4, 0.5) is 0 Å². The smallest absolute Gasteiger partial charge is 0.0211 e. The van der Waals surface area contributed by atoms with E-state index in [2.05, 4.69) is 79.4 Å². The highest BCUT2D eigenvalue weighted by Gasteiger charge is 2.10. The molecule has 1 unspecified atom stereocenters. The van der Waals surface area contributed by atoms with E-state index in [4.69, 9.17) is 0 Å². The van der Waals surface area contributed by atoms with E-state index < -0.39 is 0 Å². The molecular weight excluding hydrogens is 288 g/mol. The van der Waals surface area contributed by atoms with Gasteiger partial charge >= 0.3 is 0 Å². The van der Waals surface area contributed by atoms with Gasteiger partial charge in [-0.05, 0) is 57.9 Å². The van der Waals surface area contributed by atoms with Crippen LogP contribution in [0, 0.1) is 6.92 Å². The first kappa shape index (κ1) is 15.7. The molecule has 0 saturated heterocycles. The van der Waals surface area contributed by atoms with Gasteiger partial charge in [0.05, 0.1) is 0 Å². The van der Waals surface area contributed by atoms with Crippen molar-refractivity contribution in [3.63, 3.8) is 0 Å². The molecule has 0 heterocycles. The third-order valence-corrected chi connectivity index (χ3v) is 3.38. The fraction of sp³-hybridized carbons (Fsp3) is 0.600. The Morgan fingerprint density at radius 1 is 1.28 bits per heavy atom. The molecule has 0 fully saturated rings. The summed E-state index contributed by atoms with van der Waals surface area (Å²) >= 11 is 3.52. The second-order valence-electron chi connectivity index (χ2n) is 5.98. The van der Waals surface area contributed by atoms with Crippen LogP contribution in [0.2, 0.25) is 0 Å². The lowest BCUT2D eigenvalue weighted by Crippen LogP contribution is -2.44. The SMILES string of the molecule is Cc1ccc(Br)cc1CNC(C)CNC(C)(C)C. The first-order valence-electron chi connectivity index (χ1n) is 6.51. The van der Waals surface area contributed by atoms with Crippen molar-refractivity contribution in [3.8, 4) is 0 Å². The maximum Gasteiger partial charge on any atom is 0.0211 e. The maximum absolute atomic E-state index is 3.56. The van der Waals surface area contributed by atoms with Gasteiger partial charge in [-0.1, -0.05) is 22.0 Å². The summed E-state index contributed by atoms with van der Waals surface area (Å²) in [6.45, 7) is 12.8. The summed E-state index contributed by atoms with van der Waals surface area (Å²) in [5.41, 5.74) is 2.87. The molecule has 0 aliphatic heterocycles. The summed E-state index contributed by atoms with van der Waals surface area (Å²) in [7, 11) is 0. The molecule has 18 heavy (non-hydrogen) atoms. The van der Waals surface area contributed by atoms with E-state index in [1.165, 1.54) is 11.1 Å². The molecule has 1 atom stereocenters. The van der Waals surface area contributed by atoms with Gasteiger partial charge in [0.25, 0.3) is 0 Å². The van der Waals surface area contributed by atoms with Gasteiger partial charge in [-0.3, -0.25) is 0 Å². The third-order valence-electron chi connectivity index (χ3n) is 2.89. The fourth-order valence-electron chi connectivity index (χ4n) is 1.65. The highest BCUT2D eigenvalue weighted by Crippen LogP contribution is 2.15. The predicted octanol–water partition coefficient (Wildman–Crippen LogP) is 3.62. The van der Waals surface area contributed by atoms with Gasteiger partial charge in [-0.25, -0.2) is 0 Å². The van der Waals surface area contributed by atoms with Crippen molar-refractivity contribution in [2.75, 3.05) is 6.54 Å². The zero-order chi connectivity index (χ0) is 13.8. The van der Waals surface area contributed by atoms with E-state index in [1.54, 1.807) is 0 Å². The topological polar surface area (TPSA) is 24.1 Å². The summed E-state index contributed by atoms with van der Waals surface area (Å²) in [5.74, 6) is 0. The van der Waals surface area contributed by atoms with Gasteiger partial charge < -0.3 is 10.6 Å². The second kappa shape index (κ2) is 6.69. The van der Waals surface area contributed by atoms with Crippen LogP contribution in [0.1, 0.15) is 38.8 Å². The van der Waals surface area contributed by atoms with Crippen LogP contribution in [0.15, 0.2) is 22.7 Å². The lowest BCUT2D eigenvalue weighted by Gasteiger charge is -2.24. The summed E-state index contributed by atoms with van der Waals surface area (Å²) in [4.78, 5) is 0. The van der Waals surface area contributed by atoms with Crippen LogP contribution in [0.3, 0.4) is 0 Å². The van der Waals surface area contributed by atoms with E-state index in [9.17, 15) is 0 Å². The number of halogens is 1. The summed E-state index contributed by atoms with van der Waals surface area (Å²) < 4.78 is 1.14. The van der Waals surface area contributed by atoms with Crippen LogP contribution in [0.25, 0.3) is 0 Å². The monoisotopic (exact) mass is 312 g/mol. The highest BCUT2D eigenvalue weighted by atomic mass is 79.9. The van der Waals surface area contributed by atoms with Crippen molar-refractivity contribution in [3.05, 3.63) is 33.8 Å². The molecule has 2 N–H and O–H groups in total. The van der Waals surface area contributed by atoms with E-state index in [0.717, 1.165) is 17.6 Å². The average molecular weight is 313 g/mol. The first-order chi connectivity index (χ1) is 8.28. The first-order valence-corrected chi connectivity index (χ1v) is 7.30. The Balaban J connectivity index is 2.42. The van der Waals surface area contributed by atoms with Crippen molar-refractivity contribution in [1.82, 2.24) is 10.6 Å². The molecule has 2 nitrogen and oxygen atoms in total. The van der Waals surface area contributed by atoms with E-state index in [1.807, 2.05) is 0 Å². The molecule has 0 aliphatic carbocycles. The number of rotatable bonds is 5. The minimum absolute atomic E-state index is 0.182. The van der Waals surface area contributed by atoms with Crippen molar-refractivity contribution in [2.24, 2.45) is 0 Å². The number of hydrogen-bond donors (Lipinski definition) is 2. The van der Waals surface area contributed by atoms with Gasteiger partial charge in [-0.15, -0.1) is 0 Å².